The van der Waals surface area contributed by atoms with Crippen LogP contribution in [-0.4, -0.2) is 25.6 Å². The molecule has 1 amide bonds. The van der Waals surface area contributed by atoms with E-state index in [0.29, 0.717) is 5.57 Å². The molecule has 5 nitrogen and oxygen atoms in total. The van der Waals surface area contributed by atoms with E-state index in [9.17, 15) is 14.0 Å². The van der Waals surface area contributed by atoms with Gasteiger partial charge in [-0.15, -0.1) is 0 Å². The number of ether oxygens (including phenoxy) is 2. The van der Waals surface area contributed by atoms with Crippen LogP contribution in [0, 0.1) is 5.82 Å². The van der Waals surface area contributed by atoms with Crippen molar-refractivity contribution in [2.24, 2.45) is 5.73 Å². The number of esters is 1. The summed E-state index contributed by atoms with van der Waals surface area (Å²) in [5.41, 5.74) is 5.16. The van der Waals surface area contributed by atoms with Crippen LogP contribution in [0.5, 0.6) is 5.75 Å². The molecule has 0 spiro atoms. The Morgan fingerprint density at radius 2 is 2.11 bits per heavy atom. The van der Waals surface area contributed by atoms with Gasteiger partial charge < -0.3 is 15.2 Å². The second kappa shape index (κ2) is 6.53. The normalized spacial score (nSPS) is 11.0. The molecule has 0 aliphatic carbocycles. The number of hydrogen-bond acceptors (Lipinski definition) is 4. The molecule has 2 N–H and O–H groups in total. The van der Waals surface area contributed by atoms with Crippen molar-refractivity contribution < 1.29 is 23.5 Å². The maximum atomic E-state index is 13.4. The minimum Gasteiger partial charge on any atom is -0.489 e. The molecule has 1 aromatic rings. The van der Waals surface area contributed by atoms with E-state index < -0.39 is 17.7 Å². The zero-order chi connectivity index (χ0) is 14.4. The Balaban J connectivity index is 2.67. The van der Waals surface area contributed by atoms with Gasteiger partial charge in [-0.05, 0) is 25.1 Å². The summed E-state index contributed by atoms with van der Waals surface area (Å²) >= 11 is 0. The molecule has 0 radical (unpaired) electrons. The lowest BCUT2D eigenvalue weighted by atomic mass is 10.2. The summed E-state index contributed by atoms with van der Waals surface area (Å²) in [4.78, 5) is 21.9. The van der Waals surface area contributed by atoms with Crippen LogP contribution in [0.4, 0.5) is 4.39 Å². The van der Waals surface area contributed by atoms with E-state index in [0.717, 1.165) is 6.07 Å². The number of rotatable bonds is 5. The van der Waals surface area contributed by atoms with Crippen molar-refractivity contribution in [3.8, 4) is 5.75 Å². The van der Waals surface area contributed by atoms with Gasteiger partial charge in [-0.3, -0.25) is 4.79 Å². The largest absolute Gasteiger partial charge is 0.489 e. The number of carbonyl (C=O) groups is 2. The van der Waals surface area contributed by atoms with Gasteiger partial charge in [0.15, 0.2) is 0 Å². The van der Waals surface area contributed by atoms with Crippen LogP contribution < -0.4 is 10.5 Å². The van der Waals surface area contributed by atoms with Crippen molar-refractivity contribution in [1.82, 2.24) is 0 Å². The molecule has 0 atom stereocenters. The van der Waals surface area contributed by atoms with E-state index in [1.165, 1.54) is 25.3 Å². The maximum absolute atomic E-state index is 13.4. The number of primary amides is 1. The standard InChI is InChI=1S/C13H14FNO4/c1-8(13(17)18-2)5-6-19-9-3-4-10(12(15)16)11(14)7-9/h3-5,7H,6H2,1-2H3,(H2,15,16). The first-order chi connectivity index (χ1) is 8.95. The first kappa shape index (κ1) is 14.7. The van der Waals surface area contributed by atoms with Gasteiger partial charge in [-0.25, -0.2) is 9.18 Å². The SMILES string of the molecule is COC(=O)C(C)=CCOc1ccc(C(N)=O)c(F)c1. The van der Waals surface area contributed by atoms with Gasteiger partial charge in [0.25, 0.3) is 5.91 Å². The van der Waals surface area contributed by atoms with Gasteiger partial charge in [0, 0.05) is 11.6 Å². The Hall–Kier alpha value is -2.37. The molecule has 0 aliphatic heterocycles. The summed E-state index contributed by atoms with van der Waals surface area (Å²) in [6, 6.07) is 3.72. The Kier molecular flexibility index (Phi) is 5.05. The van der Waals surface area contributed by atoms with E-state index in [-0.39, 0.29) is 17.9 Å². The highest BCUT2D eigenvalue weighted by Gasteiger charge is 2.09. The van der Waals surface area contributed by atoms with Gasteiger partial charge in [-0.2, -0.15) is 0 Å². The van der Waals surface area contributed by atoms with Crippen LogP contribution >= 0.6 is 0 Å². The highest BCUT2D eigenvalue weighted by molar-refractivity contribution is 5.93. The summed E-state index contributed by atoms with van der Waals surface area (Å²) < 4.78 is 23.1. The number of benzene rings is 1. The molecule has 6 heteroatoms. The predicted octanol–water partition coefficient (Wildman–Crippen LogP) is 1.42. The smallest absolute Gasteiger partial charge is 0.333 e. The Bertz CT molecular complexity index is 525. The third kappa shape index (κ3) is 4.09. The summed E-state index contributed by atoms with van der Waals surface area (Å²) in [7, 11) is 1.28. The number of carbonyl (C=O) groups excluding carboxylic acids is 2. The summed E-state index contributed by atoms with van der Waals surface area (Å²) in [5, 5.41) is 0. The van der Waals surface area contributed by atoms with Gasteiger partial charge >= 0.3 is 5.97 Å². The van der Waals surface area contributed by atoms with Crippen molar-refractivity contribution in [3.63, 3.8) is 0 Å². The zero-order valence-electron chi connectivity index (χ0n) is 10.6. The fourth-order valence-electron chi connectivity index (χ4n) is 1.29. The number of halogens is 1. The Morgan fingerprint density at radius 1 is 1.42 bits per heavy atom. The van der Waals surface area contributed by atoms with E-state index >= 15 is 0 Å². The van der Waals surface area contributed by atoms with Crippen molar-refractivity contribution in [2.45, 2.75) is 6.92 Å². The van der Waals surface area contributed by atoms with Crippen molar-refractivity contribution in [1.29, 1.82) is 0 Å². The monoisotopic (exact) mass is 267 g/mol. The van der Waals surface area contributed by atoms with Crippen molar-refractivity contribution >= 4 is 11.9 Å². The first-order valence-corrected chi connectivity index (χ1v) is 5.43. The number of methoxy groups -OCH3 is 1. The van der Waals surface area contributed by atoms with Crippen LogP contribution in [-0.2, 0) is 9.53 Å². The topological polar surface area (TPSA) is 78.6 Å². The minimum atomic E-state index is -0.842. The third-order valence-corrected chi connectivity index (χ3v) is 2.35. The number of hydrogen-bond donors (Lipinski definition) is 1. The molecule has 0 heterocycles. The fraction of sp³-hybridized carbons (Fsp3) is 0.231. The van der Waals surface area contributed by atoms with Gasteiger partial charge in [-0.1, -0.05) is 0 Å². The average molecular weight is 267 g/mol. The zero-order valence-corrected chi connectivity index (χ0v) is 10.6. The summed E-state index contributed by atoms with van der Waals surface area (Å²) in [5.74, 6) is -1.82. The van der Waals surface area contributed by atoms with Crippen molar-refractivity contribution in [3.05, 3.63) is 41.2 Å². The predicted molar refractivity (Wildman–Crippen MR) is 66.2 cm³/mol. The molecule has 0 aromatic heterocycles. The highest BCUT2D eigenvalue weighted by atomic mass is 19.1. The molecule has 0 bridgehead atoms. The molecule has 0 aliphatic rings. The molecule has 0 saturated heterocycles. The Labute approximate surface area is 109 Å². The number of amides is 1. The summed E-state index contributed by atoms with van der Waals surface area (Å²) in [6.07, 6.45) is 1.51. The number of nitrogens with two attached hydrogens (primary N) is 1. The second-order valence-corrected chi connectivity index (χ2v) is 3.70. The van der Waals surface area contributed by atoms with Crippen molar-refractivity contribution in [2.75, 3.05) is 13.7 Å². The first-order valence-electron chi connectivity index (χ1n) is 5.43. The molecule has 102 valence electrons. The van der Waals surface area contributed by atoms with E-state index in [1.54, 1.807) is 6.92 Å². The minimum absolute atomic E-state index is 0.0797. The van der Waals surface area contributed by atoms with Crippen LogP contribution in [0.1, 0.15) is 17.3 Å². The highest BCUT2D eigenvalue weighted by Crippen LogP contribution is 2.16. The van der Waals surface area contributed by atoms with E-state index in [4.69, 9.17) is 10.5 Å². The Morgan fingerprint density at radius 3 is 2.63 bits per heavy atom. The molecule has 1 aromatic carbocycles. The molecular weight excluding hydrogens is 253 g/mol. The summed E-state index contributed by atoms with van der Waals surface area (Å²) in [6.45, 7) is 1.66. The molecule has 19 heavy (non-hydrogen) atoms. The second-order valence-electron chi connectivity index (χ2n) is 3.70. The lowest BCUT2D eigenvalue weighted by Gasteiger charge is -2.05. The molecule has 0 unspecified atom stereocenters. The third-order valence-electron chi connectivity index (χ3n) is 2.35. The van der Waals surface area contributed by atoms with E-state index in [2.05, 4.69) is 4.74 Å². The van der Waals surface area contributed by atoms with Gasteiger partial charge in [0.2, 0.25) is 0 Å². The van der Waals surface area contributed by atoms with Crippen LogP contribution in [0.2, 0.25) is 0 Å². The molecular formula is C13H14FNO4. The molecule has 0 saturated carbocycles. The van der Waals surface area contributed by atoms with Crippen LogP contribution in [0.25, 0.3) is 0 Å². The van der Waals surface area contributed by atoms with E-state index in [1.807, 2.05) is 0 Å². The van der Waals surface area contributed by atoms with Gasteiger partial charge in [0.05, 0.1) is 12.7 Å². The fourth-order valence-corrected chi connectivity index (χ4v) is 1.29. The molecule has 0 fully saturated rings. The lowest BCUT2D eigenvalue weighted by Crippen LogP contribution is -2.13. The maximum Gasteiger partial charge on any atom is 0.333 e. The quantitative estimate of drug-likeness (QED) is 0.646. The van der Waals surface area contributed by atoms with Crippen LogP contribution in [0.3, 0.4) is 0 Å². The van der Waals surface area contributed by atoms with Gasteiger partial charge in [0.1, 0.15) is 18.2 Å². The van der Waals surface area contributed by atoms with Crippen LogP contribution in [0.15, 0.2) is 29.8 Å². The molecule has 1 rings (SSSR count). The lowest BCUT2D eigenvalue weighted by molar-refractivity contribution is -0.136. The average Bonchev–Trinajstić information content (AvgIpc) is 2.37.